The maximum Gasteiger partial charge on any atom is 0.193 e. The Bertz CT molecular complexity index is 468. The van der Waals surface area contributed by atoms with Gasteiger partial charge in [-0.15, -0.1) is 21.5 Å². The molecular formula is C10H12ClN3OS. The highest BCUT2D eigenvalue weighted by atomic mass is 35.5. The van der Waals surface area contributed by atoms with Crippen LogP contribution in [0, 0.1) is 6.92 Å². The van der Waals surface area contributed by atoms with E-state index in [9.17, 15) is 0 Å². The van der Waals surface area contributed by atoms with Gasteiger partial charge in [0.2, 0.25) is 0 Å². The van der Waals surface area contributed by atoms with E-state index in [1.54, 1.807) is 17.4 Å². The third-order valence-corrected chi connectivity index (χ3v) is 3.35. The molecule has 2 rings (SSSR count). The van der Waals surface area contributed by atoms with Gasteiger partial charge in [0.05, 0.1) is 12.6 Å². The van der Waals surface area contributed by atoms with Gasteiger partial charge >= 0.3 is 0 Å². The van der Waals surface area contributed by atoms with E-state index in [1.165, 1.54) is 0 Å². The molecule has 0 saturated carbocycles. The highest BCUT2D eigenvalue weighted by molar-refractivity contribution is 7.11. The number of nitrogens with zero attached hydrogens (tertiary/aromatic N) is 2. The largest absolute Gasteiger partial charge is 0.448 e. The number of furan rings is 1. The first kappa shape index (κ1) is 11.6. The highest BCUT2D eigenvalue weighted by Crippen LogP contribution is 2.18. The number of aryl methyl sites for hydroxylation is 1. The Morgan fingerprint density at radius 1 is 1.50 bits per heavy atom. The lowest BCUT2D eigenvalue weighted by molar-refractivity contribution is 0.460. The molecule has 0 radical (unpaired) electrons. The summed E-state index contributed by atoms with van der Waals surface area (Å²) in [5.74, 6) is 0.818. The second-order valence-electron chi connectivity index (χ2n) is 3.47. The molecule has 0 aliphatic carbocycles. The Hall–Kier alpha value is -0.910. The van der Waals surface area contributed by atoms with Crippen LogP contribution in [0.5, 0.6) is 0 Å². The van der Waals surface area contributed by atoms with Crippen LogP contribution in [0.3, 0.4) is 0 Å². The number of rotatable bonds is 4. The van der Waals surface area contributed by atoms with Crippen molar-refractivity contribution in [2.45, 2.75) is 26.4 Å². The van der Waals surface area contributed by atoms with Crippen LogP contribution in [0.1, 0.15) is 28.7 Å². The van der Waals surface area contributed by atoms with Crippen LogP contribution in [-0.4, -0.2) is 10.2 Å². The van der Waals surface area contributed by atoms with Gasteiger partial charge in [0.25, 0.3) is 0 Å². The summed E-state index contributed by atoms with van der Waals surface area (Å²) in [6.07, 6.45) is 0. The third-order valence-electron chi connectivity index (χ3n) is 2.12. The quantitative estimate of drug-likeness (QED) is 0.915. The van der Waals surface area contributed by atoms with Crippen molar-refractivity contribution in [1.82, 2.24) is 15.5 Å². The molecule has 4 nitrogen and oxygen atoms in total. The van der Waals surface area contributed by atoms with Crippen molar-refractivity contribution in [1.29, 1.82) is 0 Å². The minimum Gasteiger partial charge on any atom is -0.448 e. The van der Waals surface area contributed by atoms with E-state index in [-0.39, 0.29) is 6.04 Å². The van der Waals surface area contributed by atoms with Gasteiger partial charge in [0.15, 0.2) is 5.22 Å². The summed E-state index contributed by atoms with van der Waals surface area (Å²) in [7, 11) is 0. The minimum atomic E-state index is 0.162. The van der Waals surface area contributed by atoms with Crippen molar-refractivity contribution in [3.63, 3.8) is 0 Å². The molecule has 2 heterocycles. The van der Waals surface area contributed by atoms with Crippen LogP contribution < -0.4 is 5.32 Å². The number of nitrogens with one attached hydrogen (secondary N) is 1. The van der Waals surface area contributed by atoms with Gasteiger partial charge in [-0.25, -0.2) is 0 Å². The molecule has 0 amide bonds. The summed E-state index contributed by atoms with van der Waals surface area (Å²) in [6.45, 7) is 4.62. The second kappa shape index (κ2) is 4.95. The van der Waals surface area contributed by atoms with Gasteiger partial charge in [-0.05, 0) is 37.6 Å². The summed E-state index contributed by atoms with van der Waals surface area (Å²) < 4.78 is 5.25. The lowest BCUT2D eigenvalue weighted by Gasteiger charge is -2.08. The lowest BCUT2D eigenvalue weighted by atomic mass is 10.3. The summed E-state index contributed by atoms with van der Waals surface area (Å²) in [5.41, 5.74) is 0. The first-order valence-electron chi connectivity index (χ1n) is 4.93. The van der Waals surface area contributed by atoms with Crippen molar-refractivity contribution in [2.75, 3.05) is 0 Å². The molecule has 0 aromatic carbocycles. The van der Waals surface area contributed by atoms with Gasteiger partial charge in [0.1, 0.15) is 15.8 Å². The Kier molecular flexibility index (Phi) is 3.58. The number of aromatic nitrogens is 2. The summed E-state index contributed by atoms with van der Waals surface area (Å²) >= 11 is 7.28. The number of halogens is 1. The van der Waals surface area contributed by atoms with Crippen molar-refractivity contribution < 1.29 is 4.42 Å². The normalized spacial score (nSPS) is 12.9. The van der Waals surface area contributed by atoms with E-state index < -0.39 is 0 Å². The van der Waals surface area contributed by atoms with E-state index >= 15 is 0 Å². The Morgan fingerprint density at radius 3 is 2.88 bits per heavy atom. The van der Waals surface area contributed by atoms with E-state index in [0.29, 0.717) is 11.8 Å². The number of hydrogen-bond donors (Lipinski definition) is 1. The minimum absolute atomic E-state index is 0.162. The molecule has 0 saturated heterocycles. The molecule has 86 valence electrons. The zero-order chi connectivity index (χ0) is 11.5. The Balaban J connectivity index is 1.91. The summed E-state index contributed by atoms with van der Waals surface area (Å²) in [6, 6.07) is 3.75. The Labute approximate surface area is 103 Å². The molecule has 0 aliphatic rings. The van der Waals surface area contributed by atoms with Crippen LogP contribution in [-0.2, 0) is 6.54 Å². The highest BCUT2D eigenvalue weighted by Gasteiger charge is 2.10. The van der Waals surface area contributed by atoms with Gasteiger partial charge in [-0.2, -0.15) is 0 Å². The van der Waals surface area contributed by atoms with Crippen molar-refractivity contribution in [3.8, 4) is 0 Å². The summed E-state index contributed by atoms with van der Waals surface area (Å²) in [5, 5.41) is 13.7. The fraction of sp³-hybridized carbons (Fsp3) is 0.400. The zero-order valence-corrected chi connectivity index (χ0v) is 10.6. The van der Waals surface area contributed by atoms with E-state index in [1.807, 2.05) is 19.9 Å². The fourth-order valence-electron chi connectivity index (χ4n) is 1.27. The molecule has 1 N–H and O–H groups in total. The standard InChI is InChI=1S/C10H12ClN3OS/c1-6(10-14-13-7(2)16-10)12-5-8-3-4-9(11)15-8/h3-4,6,12H,5H2,1-2H3. The Morgan fingerprint density at radius 2 is 2.31 bits per heavy atom. The van der Waals surface area contributed by atoms with Gasteiger partial charge in [-0.1, -0.05) is 0 Å². The average Bonchev–Trinajstić information content (AvgIpc) is 2.84. The monoisotopic (exact) mass is 257 g/mol. The molecule has 6 heteroatoms. The van der Waals surface area contributed by atoms with Crippen LogP contribution in [0.4, 0.5) is 0 Å². The predicted octanol–water partition coefficient (Wildman–Crippen LogP) is 2.94. The lowest BCUT2D eigenvalue weighted by Crippen LogP contribution is -2.17. The molecule has 2 aromatic rings. The molecular weight excluding hydrogens is 246 g/mol. The zero-order valence-electron chi connectivity index (χ0n) is 9.03. The molecule has 1 atom stereocenters. The van der Waals surface area contributed by atoms with Gasteiger partial charge in [-0.3, -0.25) is 0 Å². The SMILES string of the molecule is Cc1nnc(C(C)NCc2ccc(Cl)o2)s1. The first-order valence-corrected chi connectivity index (χ1v) is 6.12. The molecule has 0 bridgehead atoms. The van der Waals surface area contributed by atoms with Crippen LogP contribution >= 0.6 is 22.9 Å². The molecule has 0 fully saturated rings. The van der Waals surface area contributed by atoms with E-state index in [2.05, 4.69) is 15.5 Å². The second-order valence-corrected chi connectivity index (χ2v) is 5.05. The topological polar surface area (TPSA) is 51.0 Å². The fourth-order valence-corrected chi connectivity index (χ4v) is 2.16. The van der Waals surface area contributed by atoms with Gasteiger partial charge < -0.3 is 9.73 Å². The first-order chi connectivity index (χ1) is 7.65. The molecule has 0 aliphatic heterocycles. The van der Waals surface area contributed by atoms with Crippen LogP contribution in [0.15, 0.2) is 16.5 Å². The predicted molar refractivity (Wildman–Crippen MR) is 63.6 cm³/mol. The van der Waals surface area contributed by atoms with E-state index in [0.717, 1.165) is 15.8 Å². The van der Waals surface area contributed by atoms with Crippen molar-refractivity contribution >= 4 is 22.9 Å². The molecule has 16 heavy (non-hydrogen) atoms. The molecule has 1 unspecified atom stereocenters. The van der Waals surface area contributed by atoms with Crippen molar-refractivity contribution in [3.05, 3.63) is 33.1 Å². The molecule has 2 aromatic heterocycles. The number of hydrogen-bond acceptors (Lipinski definition) is 5. The maximum absolute atomic E-state index is 5.68. The van der Waals surface area contributed by atoms with Crippen molar-refractivity contribution in [2.24, 2.45) is 0 Å². The van der Waals surface area contributed by atoms with E-state index in [4.69, 9.17) is 16.0 Å². The third kappa shape index (κ3) is 2.81. The average molecular weight is 258 g/mol. The van der Waals surface area contributed by atoms with Gasteiger partial charge in [0, 0.05) is 0 Å². The van der Waals surface area contributed by atoms with Crippen LogP contribution in [0.2, 0.25) is 5.22 Å². The maximum atomic E-state index is 5.68. The smallest absolute Gasteiger partial charge is 0.193 e. The molecule has 0 spiro atoms. The summed E-state index contributed by atoms with van der Waals surface area (Å²) in [4.78, 5) is 0. The van der Waals surface area contributed by atoms with Crippen LogP contribution in [0.25, 0.3) is 0 Å².